The summed E-state index contributed by atoms with van der Waals surface area (Å²) >= 11 is 5.98. The Morgan fingerprint density at radius 2 is 2.00 bits per heavy atom. The number of rotatable bonds is 5. The first-order valence-corrected chi connectivity index (χ1v) is 5.64. The second-order valence-electron chi connectivity index (χ2n) is 3.70. The molecule has 92 valence electrons. The molecule has 1 amide bonds. The van der Waals surface area contributed by atoms with Crippen LogP contribution in [0.1, 0.15) is 31.4 Å². The molecule has 0 spiro atoms. The second-order valence-corrected chi connectivity index (χ2v) is 4.11. The first-order valence-electron chi connectivity index (χ1n) is 5.26. The fourth-order valence-electron chi connectivity index (χ4n) is 1.44. The number of hydrogen-bond donors (Lipinski definition) is 2. The van der Waals surface area contributed by atoms with Gasteiger partial charge in [-0.3, -0.25) is 9.59 Å². The van der Waals surface area contributed by atoms with Crippen molar-refractivity contribution in [3.8, 4) is 0 Å². The van der Waals surface area contributed by atoms with Crippen LogP contribution in [0.15, 0.2) is 24.3 Å². The van der Waals surface area contributed by atoms with Crippen molar-refractivity contribution < 1.29 is 14.7 Å². The molecule has 0 radical (unpaired) electrons. The number of hydrogen-bond acceptors (Lipinski definition) is 2. The summed E-state index contributed by atoms with van der Waals surface area (Å²) in [5, 5.41) is 11.7. The molecule has 17 heavy (non-hydrogen) atoms. The largest absolute Gasteiger partial charge is 0.481 e. The first kappa shape index (κ1) is 13.5. The van der Waals surface area contributed by atoms with Crippen LogP contribution in [0.2, 0.25) is 5.02 Å². The van der Waals surface area contributed by atoms with Gasteiger partial charge in [-0.1, -0.05) is 29.8 Å². The lowest BCUT2D eigenvalue weighted by Crippen LogP contribution is -2.27. The zero-order chi connectivity index (χ0) is 12.8. The van der Waals surface area contributed by atoms with E-state index in [0.29, 0.717) is 5.02 Å². The SMILES string of the molecule is CC(NC(=O)CCC(=O)O)c1ccccc1Cl. The Labute approximate surface area is 105 Å². The number of aliphatic carboxylic acids is 1. The highest BCUT2D eigenvalue weighted by molar-refractivity contribution is 6.31. The number of carboxylic acids is 1. The maximum Gasteiger partial charge on any atom is 0.303 e. The predicted octanol–water partition coefficient (Wildman–Crippen LogP) is 2.38. The van der Waals surface area contributed by atoms with Gasteiger partial charge in [-0.15, -0.1) is 0 Å². The van der Waals surface area contributed by atoms with E-state index in [1.165, 1.54) is 0 Å². The van der Waals surface area contributed by atoms with Crippen molar-refractivity contribution in [1.82, 2.24) is 5.32 Å². The zero-order valence-corrected chi connectivity index (χ0v) is 10.2. The van der Waals surface area contributed by atoms with Crippen molar-refractivity contribution >= 4 is 23.5 Å². The lowest BCUT2D eigenvalue weighted by atomic mass is 10.1. The number of carbonyl (C=O) groups excluding carboxylic acids is 1. The number of carbonyl (C=O) groups is 2. The predicted molar refractivity (Wildman–Crippen MR) is 64.9 cm³/mol. The minimum Gasteiger partial charge on any atom is -0.481 e. The highest BCUT2D eigenvalue weighted by Crippen LogP contribution is 2.22. The average Bonchev–Trinajstić information content (AvgIpc) is 2.26. The summed E-state index contributed by atoms with van der Waals surface area (Å²) in [6, 6.07) is 6.98. The Bertz CT molecular complexity index is 420. The van der Waals surface area contributed by atoms with Crippen molar-refractivity contribution in [2.45, 2.75) is 25.8 Å². The molecule has 0 aromatic heterocycles. The molecule has 5 heteroatoms. The Balaban J connectivity index is 2.55. The van der Waals surface area contributed by atoms with Gasteiger partial charge in [0.2, 0.25) is 5.91 Å². The number of amides is 1. The van der Waals surface area contributed by atoms with Crippen LogP contribution in [0.3, 0.4) is 0 Å². The molecule has 1 atom stereocenters. The molecule has 1 aromatic rings. The number of halogens is 1. The highest BCUT2D eigenvalue weighted by Gasteiger charge is 2.12. The van der Waals surface area contributed by atoms with Gasteiger partial charge in [0.05, 0.1) is 12.5 Å². The molecule has 0 bridgehead atoms. The van der Waals surface area contributed by atoms with E-state index in [0.717, 1.165) is 5.56 Å². The van der Waals surface area contributed by atoms with Gasteiger partial charge in [0.25, 0.3) is 0 Å². The lowest BCUT2D eigenvalue weighted by molar-refractivity contribution is -0.138. The highest BCUT2D eigenvalue weighted by atomic mass is 35.5. The fourth-order valence-corrected chi connectivity index (χ4v) is 1.74. The third-order valence-electron chi connectivity index (χ3n) is 2.32. The molecule has 1 rings (SSSR count). The Hall–Kier alpha value is -1.55. The van der Waals surface area contributed by atoms with E-state index in [1.807, 2.05) is 18.2 Å². The van der Waals surface area contributed by atoms with E-state index in [9.17, 15) is 9.59 Å². The van der Waals surface area contributed by atoms with Crippen molar-refractivity contribution in [3.05, 3.63) is 34.9 Å². The summed E-state index contributed by atoms with van der Waals surface area (Å²) in [6.07, 6.45) is -0.189. The van der Waals surface area contributed by atoms with Crippen LogP contribution in [0.4, 0.5) is 0 Å². The van der Waals surface area contributed by atoms with Crippen LogP contribution in [-0.2, 0) is 9.59 Å². The van der Waals surface area contributed by atoms with Gasteiger partial charge in [0.1, 0.15) is 0 Å². The maximum absolute atomic E-state index is 11.4. The second kappa shape index (κ2) is 6.25. The van der Waals surface area contributed by atoms with Gasteiger partial charge in [-0.2, -0.15) is 0 Å². The van der Waals surface area contributed by atoms with Crippen molar-refractivity contribution in [1.29, 1.82) is 0 Å². The quantitative estimate of drug-likeness (QED) is 0.849. The molecular formula is C12H14ClNO3. The van der Waals surface area contributed by atoms with E-state index in [-0.39, 0.29) is 24.8 Å². The molecule has 0 aliphatic rings. The molecule has 1 aromatic carbocycles. The van der Waals surface area contributed by atoms with Gasteiger partial charge < -0.3 is 10.4 Å². The standard InChI is InChI=1S/C12H14ClNO3/c1-8(9-4-2-3-5-10(9)13)14-11(15)6-7-12(16)17/h2-5,8H,6-7H2,1H3,(H,14,15)(H,16,17). The molecule has 2 N–H and O–H groups in total. The maximum atomic E-state index is 11.4. The summed E-state index contributed by atoms with van der Waals surface area (Å²) in [6.45, 7) is 1.81. The molecule has 0 saturated carbocycles. The van der Waals surface area contributed by atoms with Gasteiger partial charge in [0.15, 0.2) is 0 Å². The topological polar surface area (TPSA) is 66.4 Å². The van der Waals surface area contributed by atoms with Crippen LogP contribution in [0.5, 0.6) is 0 Å². The molecule has 1 unspecified atom stereocenters. The summed E-state index contributed by atoms with van der Waals surface area (Å²) in [5.74, 6) is -1.27. The van der Waals surface area contributed by atoms with E-state index >= 15 is 0 Å². The van der Waals surface area contributed by atoms with E-state index in [2.05, 4.69) is 5.32 Å². The summed E-state index contributed by atoms with van der Waals surface area (Å²) in [5.41, 5.74) is 0.817. The molecule has 0 aliphatic carbocycles. The number of benzene rings is 1. The van der Waals surface area contributed by atoms with Gasteiger partial charge >= 0.3 is 5.97 Å². The Kier molecular flexibility index (Phi) is 4.97. The fraction of sp³-hybridized carbons (Fsp3) is 0.333. The van der Waals surface area contributed by atoms with Gasteiger partial charge in [0, 0.05) is 11.4 Å². The van der Waals surface area contributed by atoms with Crippen LogP contribution < -0.4 is 5.32 Å². The normalized spacial score (nSPS) is 11.9. The summed E-state index contributed by atoms with van der Waals surface area (Å²) in [4.78, 5) is 21.7. The van der Waals surface area contributed by atoms with Gasteiger partial charge in [-0.05, 0) is 18.6 Å². The Morgan fingerprint density at radius 1 is 1.35 bits per heavy atom. The number of nitrogens with one attached hydrogen (secondary N) is 1. The smallest absolute Gasteiger partial charge is 0.303 e. The van der Waals surface area contributed by atoms with Gasteiger partial charge in [-0.25, -0.2) is 0 Å². The lowest BCUT2D eigenvalue weighted by Gasteiger charge is -2.15. The summed E-state index contributed by atoms with van der Waals surface area (Å²) in [7, 11) is 0. The monoisotopic (exact) mass is 255 g/mol. The molecule has 0 heterocycles. The molecule has 0 aliphatic heterocycles. The first-order chi connectivity index (χ1) is 8.00. The number of carboxylic acid groups (broad SMARTS) is 1. The molecular weight excluding hydrogens is 242 g/mol. The van der Waals surface area contributed by atoms with Crippen molar-refractivity contribution in [3.63, 3.8) is 0 Å². The van der Waals surface area contributed by atoms with Crippen LogP contribution >= 0.6 is 11.6 Å². The van der Waals surface area contributed by atoms with E-state index < -0.39 is 5.97 Å². The third-order valence-corrected chi connectivity index (χ3v) is 2.66. The van der Waals surface area contributed by atoms with E-state index in [4.69, 9.17) is 16.7 Å². The Morgan fingerprint density at radius 3 is 2.59 bits per heavy atom. The average molecular weight is 256 g/mol. The van der Waals surface area contributed by atoms with Crippen molar-refractivity contribution in [2.75, 3.05) is 0 Å². The zero-order valence-electron chi connectivity index (χ0n) is 9.44. The minimum absolute atomic E-state index is 0.0237. The molecule has 0 saturated heterocycles. The van der Waals surface area contributed by atoms with E-state index in [1.54, 1.807) is 13.0 Å². The molecule has 0 fully saturated rings. The van der Waals surface area contributed by atoms with Crippen LogP contribution in [0, 0.1) is 0 Å². The van der Waals surface area contributed by atoms with Crippen LogP contribution in [0.25, 0.3) is 0 Å². The third kappa shape index (κ3) is 4.44. The van der Waals surface area contributed by atoms with Crippen LogP contribution in [-0.4, -0.2) is 17.0 Å². The summed E-state index contributed by atoms with van der Waals surface area (Å²) < 4.78 is 0. The minimum atomic E-state index is -0.981. The molecule has 4 nitrogen and oxygen atoms in total. The van der Waals surface area contributed by atoms with Crippen molar-refractivity contribution in [2.24, 2.45) is 0 Å².